The van der Waals surface area contributed by atoms with E-state index in [1.54, 1.807) is 11.0 Å². The van der Waals surface area contributed by atoms with Gasteiger partial charge in [-0.3, -0.25) is 9.59 Å². The fraction of sp³-hybridized carbons (Fsp3) is 0.476. The number of rotatable bonds is 9. The van der Waals surface area contributed by atoms with Crippen molar-refractivity contribution in [1.82, 2.24) is 10.2 Å². The average Bonchev–Trinajstić information content (AvgIpc) is 2.69. The van der Waals surface area contributed by atoms with Gasteiger partial charge in [0.1, 0.15) is 6.04 Å². The van der Waals surface area contributed by atoms with Crippen molar-refractivity contribution in [2.75, 3.05) is 13.1 Å². The number of carboxylic acid groups (broad SMARTS) is 1. The van der Waals surface area contributed by atoms with Crippen LogP contribution < -0.4 is 5.32 Å². The quantitative estimate of drug-likeness (QED) is 0.652. The van der Waals surface area contributed by atoms with Crippen LogP contribution in [0.2, 0.25) is 0 Å². The first-order valence-electron chi connectivity index (χ1n) is 9.47. The number of benzene rings is 1. The number of hydrogen-bond donors (Lipinski definition) is 2. The predicted octanol–water partition coefficient (Wildman–Crippen LogP) is 2.39. The first kappa shape index (κ1) is 20.7. The zero-order valence-corrected chi connectivity index (χ0v) is 15.6. The molecule has 0 spiro atoms. The van der Waals surface area contributed by atoms with Crippen molar-refractivity contribution in [3.8, 4) is 0 Å². The summed E-state index contributed by atoms with van der Waals surface area (Å²) in [6, 6.07) is 9.01. The Kier molecular flexibility index (Phi) is 8.04. The Morgan fingerprint density at radius 3 is 2.48 bits per heavy atom. The van der Waals surface area contributed by atoms with Crippen LogP contribution >= 0.6 is 0 Å². The SMILES string of the molecule is C=CCCC(NC(=O)C1CCN(C(=O)CCc2ccccc2)CC1)C(=O)O. The Labute approximate surface area is 160 Å². The number of amides is 2. The highest BCUT2D eigenvalue weighted by Gasteiger charge is 2.29. The van der Waals surface area contributed by atoms with Gasteiger partial charge >= 0.3 is 5.97 Å². The minimum atomic E-state index is -1.03. The van der Waals surface area contributed by atoms with Crippen LogP contribution in [0.3, 0.4) is 0 Å². The van der Waals surface area contributed by atoms with E-state index < -0.39 is 12.0 Å². The van der Waals surface area contributed by atoms with Crippen molar-refractivity contribution < 1.29 is 19.5 Å². The van der Waals surface area contributed by atoms with Crippen LogP contribution in [0.4, 0.5) is 0 Å². The van der Waals surface area contributed by atoms with E-state index in [-0.39, 0.29) is 17.7 Å². The Morgan fingerprint density at radius 1 is 1.22 bits per heavy atom. The first-order chi connectivity index (χ1) is 13.0. The molecular weight excluding hydrogens is 344 g/mol. The zero-order valence-electron chi connectivity index (χ0n) is 15.6. The number of carbonyl (C=O) groups excluding carboxylic acids is 2. The number of hydrogen-bond acceptors (Lipinski definition) is 3. The molecule has 1 aromatic rings. The van der Waals surface area contributed by atoms with E-state index in [4.69, 9.17) is 0 Å². The molecule has 2 amide bonds. The second kappa shape index (κ2) is 10.5. The van der Waals surface area contributed by atoms with Gasteiger partial charge in [0.25, 0.3) is 0 Å². The monoisotopic (exact) mass is 372 g/mol. The second-order valence-corrected chi connectivity index (χ2v) is 6.91. The van der Waals surface area contributed by atoms with Crippen molar-refractivity contribution >= 4 is 17.8 Å². The molecule has 1 saturated heterocycles. The molecule has 0 radical (unpaired) electrons. The molecule has 1 unspecified atom stereocenters. The highest BCUT2D eigenvalue weighted by atomic mass is 16.4. The van der Waals surface area contributed by atoms with Gasteiger partial charge in [-0.1, -0.05) is 36.4 Å². The number of carboxylic acids is 1. The van der Waals surface area contributed by atoms with Crippen LogP contribution in [-0.2, 0) is 20.8 Å². The average molecular weight is 372 g/mol. The van der Waals surface area contributed by atoms with Crippen LogP contribution in [-0.4, -0.2) is 46.9 Å². The number of nitrogens with zero attached hydrogens (tertiary/aromatic N) is 1. The van der Waals surface area contributed by atoms with E-state index in [1.807, 2.05) is 30.3 Å². The lowest BCUT2D eigenvalue weighted by Crippen LogP contribution is -2.47. The fourth-order valence-corrected chi connectivity index (χ4v) is 3.28. The molecule has 146 valence electrons. The van der Waals surface area contributed by atoms with Crippen LogP contribution in [0, 0.1) is 5.92 Å². The number of aliphatic carboxylic acids is 1. The highest BCUT2D eigenvalue weighted by molar-refractivity contribution is 5.85. The molecule has 1 heterocycles. The van der Waals surface area contributed by atoms with Gasteiger partial charge in [0.05, 0.1) is 0 Å². The van der Waals surface area contributed by atoms with Gasteiger partial charge in [-0.25, -0.2) is 4.79 Å². The predicted molar refractivity (Wildman–Crippen MR) is 103 cm³/mol. The summed E-state index contributed by atoms with van der Waals surface area (Å²) in [5.41, 5.74) is 1.14. The Hall–Kier alpha value is -2.63. The largest absolute Gasteiger partial charge is 0.480 e. The van der Waals surface area contributed by atoms with Crippen molar-refractivity contribution in [3.05, 3.63) is 48.6 Å². The molecule has 0 aliphatic carbocycles. The van der Waals surface area contributed by atoms with Crippen LogP contribution in [0.1, 0.15) is 37.7 Å². The summed E-state index contributed by atoms with van der Waals surface area (Å²) < 4.78 is 0. The number of carbonyl (C=O) groups is 3. The highest BCUT2D eigenvalue weighted by Crippen LogP contribution is 2.19. The van der Waals surface area contributed by atoms with E-state index in [0.717, 1.165) is 5.56 Å². The number of likely N-dealkylation sites (tertiary alicyclic amines) is 1. The molecule has 6 nitrogen and oxygen atoms in total. The van der Waals surface area contributed by atoms with Crippen LogP contribution in [0.15, 0.2) is 43.0 Å². The zero-order chi connectivity index (χ0) is 19.6. The topological polar surface area (TPSA) is 86.7 Å². The van der Waals surface area contributed by atoms with Gasteiger partial charge in [0, 0.05) is 25.4 Å². The molecular formula is C21H28N2O4. The summed E-state index contributed by atoms with van der Waals surface area (Å²) in [4.78, 5) is 37.8. The van der Waals surface area contributed by atoms with Crippen molar-refractivity contribution in [2.45, 2.75) is 44.6 Å². The van der Waals surface area contributed by atoms with E-state index in [1.165, 1.54) is 0 Å². The summed E-state index contributed by atoms with van der Waals surface area (Å²) in [6.45, 7) is 4.65. The molecule has 0 aromatic heterocycles. The number of aryl methyl sites for hydroxylation is 1. The summed E-state index contributed by atoms with van der Waals surface area (Å²) >= 11 is 0. The number of nitrogens with one attached hydrogen (secondary N) is 1. The molecule has 2 rings (SSSR count). The normalized spacial score (nSPS) is 15.8. The van der Waals surface area contributed by atoms with E-state index >= 15 is 0 Å². The van der Waals surface area contributed by atoms with Gasteiger partial charge in [0.15, 0.2) is 0 Å². The molecule has 1 aliphatic rings. The number of allylic oxidation sites excluding steroid dienone is 1. The van der Waals surface area contributed by atoms with E-state index in [9.17, 15) is 19.5 Å². The standard InChI is InChI=1S/C21H28N2O4/c1-2-3-9-18(21(26)27)22-20(25)17-12-14-23(15-13-17)19(24)11-10-16-7-5-4-6-8-16/h2,4-8,17-18H,1,3,9-15H2,(H,22,25)(H,26,27). The minimum absolute atomic E-state index is 0.104. The summed E-state index contributed by atoms with van der Waals surface area (Å²) in [7, 11) is 0. The Morgan fingerprint density at radius 2 is 1.89 bits per heavy atom. The molecule has 0 saturated carbocycles. The van der Waals surface area contributed by atoms with Crippen molar-refractivity contribution in [1.29, 1.82) is 0 Å². The first-order valence-corrected chi connectivity index (χ1v) is 9.47. The van der Waals surface area contributed by atoms with Gasteiger partial charge in [-0.2, -0.15) is 0 Å². The second-order valence-electron chi connectivity index (χ2n) is 6.91. The third kappa shape index (κ3) is 6.55. The van der Waals surface area contributed by atoms with Crippen molar-refractivity contribution in [3.63, 3.8) is 0 Å². The van der Waals surface area contributed by atoms with Crippen LogP contribution in [0.25, 0.3) is 0 Å². The summed E-state index contributed by atoms with van der Waals surface area (Å²) in [5.74, 6) is -1.40. The third-order valence-electron chi connectivity index (χ3n) is 4.96. The lowest BCUT2D eigenvalue weighted by atomic mass is 9.95. The van der Waals surface area contributed by atoms with E-state index in [0.29, 0.717) is 51.6 Å². The molecule has 6 heteroatoms. The van der Waals surface area contributed by atoms with Crippen LogP contribution in [0.5, 0.6) is 0 Å². The molecule has 1 atom stereocenters. The van der Waals surface area contributed by atoms with Gasteiger partial charge in [-0.05, 0) is 37.7 Å². The molecule has 0 bridgehead atoms. The van der Waals surface area contributed by atoms with E-state index in [2.05, 4.69) is 11.9 Å². The molecule has 1 aromatic carbocycles. The van der Waals surface area contributed by atoms with Gasteiger partial charge in [0.2, 0.25) is 11.8 Å². The molecule has 27 heavy (non-hydrogen) atoms. The molecule has 2 N–H and O–H groups in total. The lowest BCUT2D eigenvalue weighted by molar-refractivity contribution is -0.143. The maximum absolute atomic E-state index is 12.4. The number of piperidine rings is 1. The minimum Gasteiger partial charge on any atom is -0.480 e. The molecule has 1 fully saturated rings. The summed E-state index contributed by atoms with van der Waals surface area (Å²) in [6.07, 6.45) is 4.81. The Balaban J connectivity index is 1.76. The molecule has 1 aliphatic heterocycles. The third-order valence-corrected chi connectivity index (χ3v) is 4.96. The fourth-order valence-electron chi connectivity index (χ4n) is 3.28. The van der Waals surface area contributed by atoms with Gasteiger partial charge in [-0.15, -0.1) is 6.58 Å². The lowest BCUT2D eigenvalue weighted by Gasteiger charge is -2.32. The maximum Gasteiger partial charge on any atom is 0.326 e. The summed E-state index contributed by atoms with van der Waals surface area (Å²) in [5, 5.41) is 11.8. The van der Waals surface area contributed by atoms with Gasteiger partial charge < -0.3 is 15.3 Å². The smallest absolute Gasteiger partial charge is 0.326 e. The Bertz CT molecular complexity index is 651. The maximum atomic E-state index is 12.4. The van der Waals surface area contributed by atoms with Crippen molar-refractivity contribution in [2.24, 2.45) is 5.92 Å².